The number of sulfonamides is 1. The number of carbonyl (C=O) groups excluding carboxylic acids is 2. The SMILES string of the molecule is COc1ccc(OC)c(N(CC(=O)N(Cc2ccc(Br)cc2)[C@@H](Cc2ccccc2)C(=O)NC(C)(C)C)S(C)(=O)=O)c1. The monoisotopic (exact) mass is 659 g/mol. The van der Waals surface area contributed by atoms with E-state index in [9.17, 15) is 18.0 Å². The summed E-state index contributed by atoms with van der Waals surface area (Å²) in [6.07, 6.45) is 1.25. The van der Waals surface area contributed by atoms with Gasteiger partial charge in [0.25, 0.3) is 0 Å². The number of rotatable bonds is 12. The fourth-order valence-electron chi connectivity index (χ4n) is 4.38. The number of nitrogens with one attached hydrogen (secondary N) is 1. The number of methoxy groups -OCH3 is 2. The number of hydrogen-bond donors (Lipinski definition) is 1. The van der Waals surface area contributed by atoms with E-state index < -0.39 is 34.1 Å². The summed E-state index contributed by atoms with van der Waals surface area (Å²) >= 11 is 3.44. The van der Waals surface area contributed by atoms with Crippen LogP contribution in [0.15, 0.2) is 77.3 Å². The molecule has 3 aromatic carbocycles. The van der Waals surface area contributed by atoms with Crippen molar-refractivity contribution in [2.75, 3.05) is 31.3 Å². The zero-order valence-electron chi connectivity index (χ0n) is 24.8. The van der Waals surface area contributed by atoms with Gasteiger partial charge >= 0.3 is 0 Å². The van der Waals surface area contributed by atoms with Crippen molar-refractivity contribution >= 4 is 43.5 Å². The number of ether oxygens (including phenoxy) is 2. The molecule has 1 atom stereocenters. The van der Waals surface area contributed by atoms with E-state index in [4.69, 9.17) is 9.47 Å². The Hall–Kier alpha value is -3.57. The van der Waals surface area contributed by atoms with Crippen molar-refractivity contribution in [2.24, 2.45) is 0 Å². The van der Waals surface area contributed by atoms with E-state index in [1.807, 2.05) is 75.4 Å². The van der Waals surface area contributed by atoms with Crippen LogP contribution in [0.2, 0.25) is 0 Å². The standard InChI is InChI=1S/C31H38BrN3O6S/c1-31(2,3)33-30(37)27(18-22-10-8-7-9-11-22)34(20-23-12-14-24(32)15-13-23)29(36)21-35(42(6,38)39)26-19-25(40-4)16-17-28(26)41-5/h7-17,19,27H,18,20-21H2,1-6H3,(H,33,37)/t27-/m0/s1. The van der Waals surface area contributed by atoms with Crippen molar-refractivity contribution in [3.63, 3.8) is 0 Å². The van der Waals surface area contributed by atoms with Crippen molar-refractivity contribution in [3.8, 4) is 11.5 Å². The van der Waals surface area contributed by atoms with Crippen LogP contribution in [-0.2, 0) is 32.6 Å². The van der Waals surface area contributed by atoms with Crippen LogP contribution in [0.1, 0.15) is 31.9 Å². The second kappa shape index (κ2) is 14.1. The molecule has 0 fully saturated rings. The molecule has 11 heteroatoms. The number of benzene rings is 3. The maximum Gasteiger partial charge on any atom is 0.244 e. The molecule has 0 aliphatic heterocycles. The highest BCUT2D eigenvalue weighted by atomic mass is 79.9. The normalized spacial score (nSPS) is 12.3. The molecule has 0 aliphatic rings. The van der Waals surface area contributed by atoms with Crippen LogP contribution in [0.3, 0.4) is 0 Å². The summed E-state index contributed by atoms with van der Waals surface area (Å²) in [5, 5.41) is 3.01. The Morgan fingerprint density at radius 1 is 0.929 bits per heavy atom. The topological polar surface area (TPSA) is 105 Å². The Balaban J connectivity index is 2.12. The summed E-state index contributed by atoms with van der Waals surface area (Å²) in [7, 11) is -1.09. The fraction of sp³-hybridized carbons (Fsp3) is 0.355. The number of nitrogens with zero attached hydrogens (tertiary/aromatic N) is 2. The maximum atomic E-state index is 14.3. The molecule has 0 aliphatic carbocycles. The van der Waals surface area contributed by atoms with Crippen LogP contribution >= 0.6 is 15.9 Å². The van der Waals surface area contributed by atoms with E-state index in [1.165, 1.54) is 25.2 Å². The molecule has 42 heavy (non-hydrogen) atoms. The third-order valence-electron chi connectivity index (χ3n) is 6.37. The van der Waals surface area contributed by atoms with Crippen LogP contribution in [0.4, 0.5) is 5.69 Å². The first kappa shape index (κ1) is 32.9. The van der Waals surface area contributed by atoms with E-state index in [1.54, 1.807) is 12.1 Å². The molecule has 0 radical (unpaired) electrons. The molecule has 0 unspecified atom stereocenters. The Labute approximate surface area is 257 Å². The Morgan fingerprint density at radius 2 is 1.57 bits per heavy atom. The third kappa shape index (κ3) is 9.22. The average molecular weight is 661 g/mol. The van der Waals surface area contributed by atoms with Crippen LogP contribution < -0.4 is 19.1 Å². The minimum Gasteiger partial charge on any atom is -0.497 e. The van der Waals surface area contributed by atoms with Gasteiger partial charge in [-0.05, 0) is 56.2 Å². The number of halogens is 1. The largest absolute Gasteiger partial charge is 0.497 e. The first-order chi connectivity index (χ1) is 19.7. The van der Waals surface area contributed by atoms with Crippen molar-refractivity contribution in [1.29, 1.82) is 0 Å². The summed E-state index contributed by atoms with van der Waals surface area (Å²) in [6.45, 7) is 5.12. The van der Waals surface area contributed by atoms with Gasteiger partial charge in [0, 0.05) is 29.0 Å². The molecule has 0 saturated carbocycles. The number of anilines is 1. The van der Waals surface area contributed by atoms with Crippen molar-refractivity contribution in [1.82, 2.24) is 10.2 Å². The molecule has 0 saturated heterocycles. The molecule has 0 bridgehead atoms. The zero-order chi connectivity index (χ0) is 31.1. The lowest BCUT2D eigenvalue weighted by molar-refractivity contribution is -0.140. The Bertz CT molecular complexity index is 1470. The lowest BCUT2D eigenvalue weighted by atomic mass is 10.0. The van der Waals surface area contributed by atoms with E-state index in [2.05, 4.69) is 21.2 Å². The molecule has 3 aromatic rings. The first-order valence-corrected chi connectivity index (χ1v) is 16.0. The fourth-order valence-corrected chi connectivity index (χ4v) is 5.49. The summed E-state index contributed by atoms with van der Waals surface area (Å²) in [4.78, 5) is 29.5. The lowest BCUT2D eigenvalue weighted by Gasteiger charge is -2.35. The smallest absolute Gasteiger partial charge is 0.244 e. The molecular formula is C31H38BrN3O6S. The predicted molar refractivity (Wildman–Crippen MR) is 168 cm³/mol. The quantitative estimate of drug-likeness (QED) is 0.300. The van der Waals surface area contributed by atoms with Crippen LogP contribution in [-0.4, -0.2) is 63.7 Å². The summed E-state index contributed by atoms with van der Waals surface area (Å²) in [5.74, 6) is -0.259. The lowest BCUT2D eigenvalue weighted by Crippen LogP contribution is -2.56. The minimum atomic E-state index is -3.97. The molecule has 0 heterocycles. The molecule has 9 nitrogen and oxygen atoms in total. The minimum absolute atomic E-state index is 0.0774. The van der Waals surface area contributed by atoms with Crippen LogP contribution in [0.5, 0.6) is 11.5 Å². The van der Waals surface area contributed by atoms with E-state index in [0.717, 1.165) is 26.2 Å². The number of carbonyl (C=O) groups is 2. The highest BCUT2D eigenvalue weighted by Gasteiger charge is 2.35. The van der Waals surface area contributed by atoms with Crippen molar-refractivity contribution < 1.29 is 27.5 Å². The molecule has 1 N–H and O–H groups in total. The van der Waals surface area contributed by atoms with Gasteiger partial charge in [-0.25, -0.2) is 8.42 Å². The van der Waals surface area contributed by atoms with E-state index >= 15 is 0 Å². The number of amides is 2. The van der Waals surface area contributed by atoms with E-state index in [0.29, 0.717) is 5.75 Å². The van der Waals surface area contributed by atoms with Gasteiger partial charge in [0.15, 0.2) is 0 Å². The summed E-state index contributed by atoms with van der Waals surface area (Å²) < 4.78 is 38.8. The highest BCUT2D eigenvalue weighted by molar-refractivity contribution is 9.10. The van der Waals surface area contributed by atoms with Gasteiger partial charge in [-0.1, -0.05) is 58.4 Å². The molecule has 0 spiro atoms. The second-order valence-corrected chi connectivity index (χ2v) is 13.7. The Kier molecular flexibility index (Phi) is 11.0. The average Bonchev–Trinajstić information content (AvgIpc) is 2.93. The Morgan fingerprint density at radius 3 is 2.12 bits per heavy atom. The molecule has 2 amide bonds. The molecule has 3 rings (SSSR count). The van der Waals surface area contributed by atoms with Gasteiger partial charge in [-0.15, -0.1) is 0 Å². The van der Waals surface area contributed by atoms with Gasteiger partial charge in [0.2, 0.25) is 21.8 Å². The van der Waals surface area contributed by atoms with Gasteiger partial charge < -0.3 is 19.7 Å². The van der Waals surface area contributed by atoms with Gasteiger partial charge in [0.1, 0.15) is 24.1 Å². The van der Waals surface area contributed by atoms with Crippen molar-refractivity contribution in [3.05, 3.63) is 88.4 Å². The van der Waals surface area contributed by atoms with Crippen LogP contribution in [0.25, 0.3) is 0 Å². The van der Waals surface area contributed by atoms with Crippen molar-refractivity contribution in [2.45, 2.75) is 45.3 Å². The number of hydrogen-bond acceptors (Lipinski definition) is 6. The van der Waals surface area contributed by atoms with Gasteiger partial charge in [-0.3, -0.25) is 13.9 Å². The molecule has 226 valence electrons. The summed E-state index contributed by atoms with van der Waals surface area (Å²) in [5.41, 5.74) is 1.22. The maximum absolute atomic E-state index is 14.3. The summed E-state index contributed by atoms with van der Waals surface area (Å²) in [6, 6.07) is 20.6. The second-order valence-electron chi connectivity index (χ2n) is 10.9. The first-order valence-electron chi connectivity index (χ1n) is 13.3. The molecule has 0 aromatic heterocycles. The zero-order valence-corrected chi connectivity index (χ0v) is 27.2. The highest BCUT2D eigenvalue weighted by Crippen LogP contribution is 2.34. The van der Waals surface area contributed by atoms with Gasteiger partial charge in [-0.2, -0.15) is 0 Å². The third-order valence-corrected chi connectivity index (χ3v) is 8.02. The van der Waals surface area contributed by atoms with E-state index in [-0.39, 0.29) is 30.3 Å². The molecular weight excluding hydrogens is 622 g/mol. The van der Waals surface area contributed by atoms with Crippen LogP contribution in [0, 0.1) is 0 Å². The van der Waals surface area contributed by atoms with Gasteiger partial charge in [0.05, 0.1) is 26.2 Å². The predicted octanol–water partition coefficient (Wildman–Crippen LogP) is 4.79.